The zero-order valence-corrected chi connectivity index (χ0v) is 15.0. The van der Waals surface area contributed by atoms with Crippen molar-refractivity contribution >= 4 is 23.3 Å². The smallest absolute Gasteiger partial charge is 0.255 e. The summed E-state index contributed by atoms with van der Waals surface area (Å²) in [5.41, 5.74) is 2.44. The Kier molecular flexibility index (Phi) is 5.96. The summed E-state index contributed by atoms with van der Waals surface area (Å²) in [5, 5.41) is 5.45. The quantitative estimate of drug-likeness (QED) is 0.866. The minimum absolute atomic E-state index is 0.223. The van der Waals surface area contributed by atoms with Crippen LogP contribution in [0.3, 0.4) is 0 Å². The van der Waals surface area contributed by atoms with Gasteiger partial charge in [0.25, 0.3) is 5.91 Å². The third-order valence-corrected chi connectivity index (χ3v) is 4.39. The molecule has 2 amide bonds. The predicted molar refractivity (Wildman–Crippen MR) is 102 cm³/mol. The second kappa shape index (κ2) is 8.58. The summed E-state index contributed by atoms with van der Waals surface area (Å²) < 4.78 is 0. The molecule has 2 aromatic rings. The van der Waals surface area contributed by atoms with Crippen molar-refractivity contribution in [1.29, 1.82) is 0 Å². The standard InChI is InChI=1S/C20H24N4O2/c1-15(25)22-19-13-17(9-10-21-19)20(26)23-18-7-5-16(6-8-18)14-24-11-3-2-4-12-24/h5-10,13H,2-4,11-12,14H2,1H3,(H,23,26)(H,21,22,25). The van der Waals surface area contributed by atoms with Gasteiger partial charge in [0.2, 0.25) is 5.91 Å². The molecule has 2 N–H and O–H groups in total. The van der Waals surface area contributed by atoms with Crippen molar-refractivity contribution in [1.82, 2.24) is 9.88 Å². The molecule has 1 aliphatic heterocycles. The fourth-order valence-corrected chi connectivity index (χ4v) is 3.09. The van der Waals surface area contributed by atoms with Crippen molar-refractivity contribution in [3.8, 4) is 0 Å². The van der Waals surface area contributed by atoms with Gasteiger partial charge in [0.1, 0.15) is 5.82 Å². The van der Waals surface area contributed by atoms with Crippen LogP contribution in [0.15, 0.2) is 42.6 Å². The van der Waals surface area contributed by atoms with Crippen molar-refractivity contribution in [2.75, 3.05) is 23.7 Å². The van der Waals surface area contributed by atoms with Crippen LogP contribution in [0.5, 0.6) is 0 Å². The topological polar surface area (TPSA) is 74.3 Å². The Morgan fingerprint density at radius 2 is 1.77 bits per heavy atom. The highest BCUT2D eigenvalue weighted by molar-refractivity contribution is 6.05. The lowest BCUT2D eigenvalue weighted by Gasteiger charge is -2.26. The largest absolute Gasteiger partial charge is 0.322 e. The summed E-state index contributed by atoms with van der Waals surface area (Å²) in [5.74, 6) is -0.0934. The first-order valence-electron chi connectivity index (χ1n) is 8.96. The van der Waals surface area contributed by atoms with E-state index in [0.717, 1.165) is 25.3 Å². The minimum Gasteiger partial charge on any atom is -0.322 e. The maximum Gasteiger partial charge on any atom is 0.255 e. The number of carbonyl (C=O) groups is 2. The fraction of sp³-hybridized carbons (Fsp3) is 0.350. The van der Waals surface area contributed by atoms with Gasteiger partial charge in [0.15, 0.2) is 0 Å². The van der Waals surface area contributed by atoms with Crippen LogP contribution < -0.4 is 10.6 Å². The second-order valence-corrected chi connectivity index (χ2v) is 6.60. The van der Waals surface area contributed by atoms with Gasteiger partial charge in [-0.3, -0.25) is 14.5 Å². The van der Waals surface area contributed by atoms with Gasteiger partial charge in [-0.25, -0.2) is 4.98 Å². The first kappa shape index (κ1) is 18.1. The van der Waals surface area contributed by atoms with Gasteiger partial charge in [-0.15, -0.1) is 0 Å². The molecule has 1 fully saturated rings. The molecule has 1 aliphatic rings. The highest BCUT2D eigenvalue weighted by Gasteiger charge is 2.11. The van der Waals surface area contributed by atoms with Gasteiger partial charge < -0.3 is 10.6 Å². The molecule has 1 saturated heterocycles. The molecule has 0 unspecified atom stereocenters. The molecular formula is C20H24N4O2. The van der Waals surface area contributed by atoms with Crippen molar-refractivity contribution in [3.63, 3.8) is 0 Å². The predicted octanol–water partition coefficient (Wildman–Crippen LogP) is 3.28. The van der Waals surface area contributed by atoms with Gasteiger partial charge in [-0.2, -0.15) is 0 Å². The first-order chi connectivity index (χ1) is 12.6. The molecule has 0 radical (unpaired) electrons. The third-order valence-electron chi connectivity index (χ3n) is 4.39. The van der Waals surface area contributed by atoms with Crippen LogP contribution in [0.25, 0.3) is 0 Å². The van der Waals surface area contributed by atoms with E-state index in [-0.39, 0.29) is 11.8 Å². The molecule has 0 bridgehead atoms. The summed E-state index contributed by atoms with van der Waals surface area (Å²) in [6.45, 7) is 4.69. The third kappa shape index (κ3) is 5.13. The molecule has 0 spiro atoms. The van der Waals surface area contributed by atoms with E-state index in [2.05, 4.69) is 32.7 Å². The number of benzene rings is 1. The number of pyridine rings is 1. The number of piperidine rings is 1. The molecule has 3 rings (SSSR count). The van der Waals surface area contributed by atoms with Crippen molar-refractivity contribution in [2.24, 2.45) is 0 Å². The average molecular weight is 352 g/mol. The first-order valence-corrected chi connectivity index (χ1v) is 8.96. The maximum atomic E-state index is 12.4. The monoisotopic (exact) mass is 352 g/mol. The van der Waals surface area contributed by atoms with E-state index in [4.69, 9.17) is 0 Å². The van der Waals surface area contributed by atoms with Gasteiger partial charge in [-0.05, 0) is 55.8 Å². The van der Waals surface area contributed by atoms with Crippen LogP contribution >= 0.6 is 0 Å². The van der Waals surface area contributed by atoms with Crippen LogP contribution in [0.4, 0.5) is 11.5 Å². The van der Waals surface area contributed by atoms with Crippen LogP contribution in [0.2, 0.25) is 0 Å². The Bertz CT molecular complexity index is 768. The number of rotatable bonds is 5. The van der Waals surface area contributed by atoms with E-state index < -0.39 is 0 Å². The van der Waals surface area contributed by atoms with Gasteiger partial charge in [-0.1, -0.05) is 18.6 Å². The molecule has 136 valence electrons. The van der Waals surface area contributed by atoms with Gasteiger partial charge in [0.05, 0.1) is 0 Å². The molecule has 0 aliphatic carbocycles. The van der Waals surface area contributed by atoms with Gasteiger partial charge in [0, 0.05) is 30.9 Å². The molecule has 1 aromatic heterocycles. The Morgan fingerprint density at radius 3 is 2.46 bits per heavy atom. The zero-order chi connectivity index (χ0) is 18.4. The lowest BCUT2D eigenvalue weighted by atomic mass is 10.1. The number of carbonyl (C=O) groups excluding carboxylic acids is 2. The Labute approximate surface area is 153 Å². The average Bonchev–Trinajstić information content (AvgIpc) is 2.64. The minimum atomic E-state index is -0.234. The summed E-state index contributed by atoms with van der Waals surface area (Å²) in [6, 6.07) is 11.1. The Hall–Kier alpha value is -2.73. The van der Waals surface area contributed by atoms with Crippen LogP contribution in [0.1, 0.15) is 42.1 Å². The highest BCUT2D eigenvalue weighted by Crippen LogP contribution is 2.16. The highest BCUT2D eigenvalue weighted by atomic mass is 16.2. The zero-order valence-electron chi connectivity index (χ0n) is 15.0. The van der Waals surface area contributed by atoms with Crippen LogP contribution in [0, 0.1) is 0 Å². The van der Waals surface area contributed by atoms with Crippen molar-refractivity contribution in [2.45, 2.75) is 32.7 Å². The number of likely N-dealkylation sites (tertiary alicyclic amines) is 1. The number of hydrogen-bond acceptors (Lipinski definition) is 4. The summed E-state index contributed by atoms with van der Waals surface area (Å²) in [6.07, 6.45) is 5.39. The number of nitrogens with zero attached hydrogens (tertiary/aromatic N) is 2. The lowest BCUT2D eigenvalue weighted by molar-refractivity contribution is -0.114. The molecule has 26 heavy (non-hydrogen) atoms. The van der Waals surface area contributed by atoms with E-state index >= 15 is 0 Å². The summed E-state index contributed by atoms with van der Waals surface area (Å²) >= 11 is 0. The van der Waals surface area contributed by atoms with E-state index in [1.54, 1.807) is 12.1 Å². The molecule has 0 saturated carbocycles. The Balaban J connectivity index is 1.59. The molecule has 2 heterocycles. The van der Waals surface area contributed by atoms with E-state index in [9.17, 15) is 9.59 Å². The molecule has 0 atom stereocenters. The molecule has 6 heteroatoms. The van der Waals surface area contributed by atoms with Crippen molar-refractivity contribution in [3.05, 3.63) is 53.7 Å². The van der Waals surface area contributed by atoms with E-state index in [1.165, 1.54) is 37.9 Å². The number of nitrogens with one attached hydrogen (secondary N) is 2. The number of anilines is 2. The lowest BCUT2D eigenvalue weighted by Crippen LogP contribution is -2.29. The van der Waals surface area contributed by atoms with Crippen LogP contribution in [-0.4, -0.2) is 34.8 Å². The van der Waals surface area contributed by atoms with Gasteiger partial charge >= 0.3 is 0 Å². The number of amides is 2. The van der Waals surface area contributed by atoms with Crippen molar-refractivity contribution < 1.29 is 9.59 Å². The number of aromatic nitrogens is 1. The Morgan fingerprint density at radius 1 is 1.04 bits per heavy atom. The normalized spacial score (nSPS) is 14.7. The van der Waals surface area contributed by atoms with E-state index in [1.807, 2.05) is 12.1 Å². The summed E-state index contributed by atoms with van der Waals surface area (Å²) in [7, 11) is 0. The summed E-state index contributed by atoms with van der Waals surface area (Å²) in [4.78, 5) is 30.0. The van der Waals surface area contributed by atoms with Crippen LogP contribution in [-0.2, 0) is 11.3 Å². The molecule has 6 nitrogen and oxygen atoms in total. The molecular weight excluding hydrogens is 328 g/mol. The second-order valence-electron chi connectivity index (χ2n) is 6.60. The SMILES string of the molecule is CC(=O)Nc1cc(C(=O)Nc2ccc(CN3CCCCC3)cc2)ccn1. The van der Waals surface area contributed by atoms with E-state index in [0.29, 0.717) is 11.4 Å². The maximum absolute atomic E-state index is 12.4. The molecule has 1 aromatic carbocycles. The fourth-order valence-electron chi connectivity index (χ4n) is 3.09. The number of hydrogen-bond donors (Lipinski definition) is 2.